The van der Waals surface area contributed by atoms with Crippen molar-refractivity contribution in [1.29, 1.82) is 0 Å². The molecule has 2 fully saturated rings. The van der Waals surface area contributed by atoms with Gasteiger partial charge in [-0.15, -0.1) is 0 Å². The fourth-order valence-electron chi connectivity index (χ4n) is 5.46. The molecule has 3 aliphatic rings. The van der Waals surface area contributed by atoms with E-state index < -0.39 is 17.8 Å². The van der Waals surface area contributed by atoms with Gasteiger partial charge >= 0.3 is 0 Å². The molecule has 3 rings (SSSR count). The number of hydrogen-bond acceptors (Lipinski definition) is 4. The zero-order valence-electron chi connectivity index (χ0n) is 19.4. The third kappa shape index (κ3) is 5.59. The van der Waals surface area contributed by atoms with Gasteiger partial charge in [-0.1, -0.05) is 49.1 Å². The first-order valence-electron chi connectivity index (χ1n) is 11.5. The predicted octanol–water partition coefficient (Wildman–Crippen LogP) is 4.23. The molecule has 0 aromatic rings. The van der Waals surface area contributed by atoms with Gasteiger partial charge in [0, 0.05) is 6.42 Å². The van der Waals surface area contributed by atoms with Crippen LogP contribution in [-0.4, -0.2) is 45.8 Å². The largest absolute Gasteiger partial charge is 0.393 e. The number of aliphatic hydroxyl groups is 3. The Morgan fingerprint density at radius 3 is 2.81 bits per heavy atom. The van der Waals surface area contributed by atoms with Crippen molar-refractivity contribution in [2.45, 2.75) is 90.1 Å². The molecule has 0 radical (unpaired) electrons. The van der Waals surface area contributed by atoms with Gasteiger partial charge in [0.25, 0.3) is 0 Å². The molecule has 0 spiro atoms. The Labute approximate surface area is 187 Å². The van der Waals surface area contributed by atoms with Gasteiger partial charge < -0.3 is 20.1 Å². The minimum Gasteiger partial charge on any atom is -0.393 e. The molecule has 0 heterocycles. The van der Waals surface area contributed by atoms with Crippen LogP contribution in [0.1, 0.15) is 66.2 Å². The molecule has 31 heavy (non-hydrogen) atoms. The van der Waals surface area contributed by atoms with E-state index in [1.165, 1.54) is 11.1 Å². The van der Waals surface area contributed by atoms with Crippen LogP contribution in [0.3, 0.4) is 0 Å². The van der Waals surface area contributed by atoms with Crippen molar-refractivity contribution >= 4 is 0 Å². The Hall–Kier alpha value is -1.64. The van der Waals surface area contributed by atoms with E-state index in [0.717, 1.165) is 36.8 Å². The summed E-state index contributed by atoms with van der Waals surface area (Å²) in [6.07, 6.45) is 10.8. The van der Waals surface area contributed by atoms with E-state index in [1.54, 1.807) is 13.8 Å². The normalized spacial score (nSPS) is 34.9. The second-order valence-corrected chi connectivity index (χ2v) is 10.1. The van der Waals surface area contributed by atoms with Crippen LogP contribution in [0.4, 0.5) is 0 Å². The predicted molar refractivity (Wildman–Crippen MR) is 124 cm³/mol. The second kappa shape index (κ2) is 9.46. The quantitative estimate of drug-likeness (QED) is 0.465. The minimum absolute atomic E-state index is 0.00720. The number of allylic oxidation sites excluding steroid dienone is 4. The van der Waals surface area contributed by atoms with Crippen LogP contribution in [0.2, 0.25) is 0 Å². The molecular weight excluding hydrogens is 388 g/mol. The fraction of sp³-hybridized carbons (Fsp3) is 0.630. The Morgan fingerprint density at radius 1 is 1.35 bits per heavy atom. The first-order valence-corrected chi connectivity index (χ1v) is 11.5. The highest BCUT2D eigenvalue weighted by Crippen LogP contribution is 2.55. The Balaban J connectivity index is 1.71. The number of ether oxygens (including phenoxy) is 1. The maximum absolute atomic E-state index is 10.1. The summed E-state index contributed by atoms with van der Waals surface area (Å²) in [5.41, 5.74) is 3.56. The van der Waals surface area contributed by atoms with Crippen molar-refractivity contribution in [2.75, 3.05) is 6.61 Å². The molecule has 0 aromatic heterocycles. The van der Waals surface area contributed by atoms with Gasteiger partial charge in [-0.05, 0) is 80.9 Å². The molecule has 5 atom stereocenters. The first-order chi connectivity index (χ1) is 14.5. The van der Waals surface area contributed by atoms with Crippen molar-refractivity contribution < 1.29 is 20.1 Å². The highest BCUT2D eigenvalue weighted by Gasteiger charge is 2.46. The summed E-state index contributed by atoms with van der Waals surface area (Å²) in [6, 6.07) is 0. The summed E-state index contributed by atoms with van der Waals surface area (Å²) < 4.78 is 6.01. The van der Waals surface area contributed by atoms with Crippen molar-refractivity contribution in [3.8, 4) is 11.8 Å². The molecule has 4 nitrogen and oxygen atoms in total. The van der Waals surface area contributed by atoms with E-state index >= 15 is 0 Å². The van der Waals surface area contributed by atoms with E-state index in [4.69, 9.17) is 4.74 Å². The molecule has 0 bridgehead atoms. The molecule has 1 unspecified atom stereocenters. The van der Waals surface area contributed by atoms with Gasteiger partial charge in [0.15, 0.2) is 0 Å². The summed E-state index contributed by atoms with van der Waals surface area (Å²) in [5.74, 6) is 6.18. The van der Waals surface area contributed by atoms with Crippen LogP contribution in [0.15, 0.2) is 47.1 Å². The lowest BCUT2D eigenvalue weighted by Gasteiger charge is -2.42. The van der Waals surface area contributed by atoms with Gasteiger partial charge in [0.1, 0.15) is 12.2 Å². The molecule has 0 aromatic carbocycles. The summed E-state index contributed by atoms with van der Waals surface area (Å²) in [5, 5.41) is 29.9. The molecule has 2 saturated carbocycles. The number of aliphatic hydroxyl groups excluding tert-OH is 2. The summed E-state index contributed by atoms with van der Waals surface area (Å²) in [7, 11) is 0. The minimum atomic E-state index is -0.996. The zero-order valence-corrected chi connectivity index (χ0v) is 19.4. The van der Waals surface area contributed by atoms with Crippen molar-refractivity contribution in [3.63, 3.8) is 0 Å². The monoisotopic (exact) mass is 426 g/mol. The standard InChI is InChI=1S/C27H38O4/c1-18-21(16-22(28)17-25(18)29)10-9-20-8-6-14-27(5)23(11-12-24(20)27)19(2)31-15-7-13-26(3,4)30/h9-11,19,22,24-25,28-30H,1,6,8,12,14-17H2,2-5H3/b20-9+,21-10-/t19-,22+,24?,25-,27+/m0/s1. The first kappa shape index (κ1) is 24.0. The highest BCUT2D eigenvalue weighted by atomic mass is 16.5. The van der Waals surface area contributed by atoms with Gasteiger partial charge in [-0.2, -0.15) is 0 Å². The van der Waals surface area contributed by atoms with Crippen molar-refractivity contribution in [2.24, 2.45) is 11.3 Å². The van der Waals surface area contributed by atoms with Gasteiger partial charge in [-0.3, -0.25) is 0 Å². The SMILES string of the molecule is C=C1/C(=C\C=C2/CCC[C@]3(C)C([C@H](C)OCC#CC(C)(C)O)=CCC23)C[C@@H](O)C[C@@H]1O. The smallest absolute Gasteiger partial charge is 0.120 e. The van der Waals surface area contributed by atoms with Crippen LogP contribution in [0.25, 0.3) is 0 Å². The van der Waals surface area contributed by atoms with E-state index in [-0.39, 0.29) is 11.5 Å². The van der Waals surface area contributed by atoms with Gasteiger partial charge in [0.2, 0.25) is 0 Å². The van der Waals surface area contributed by atoms with Crippen molar-refractivity contribution in [3.05, 3.63) is 47.1 Å². The van der Waals surface area contributed by atoms with E-state index in [1.807, 2.05) is 0 Å². The summed E-state index contributed by atoms with van der Waals surface area (Å²) >= 11 is 0. The van der Waals surface area contributed by atoms with E-state index in [0.29, 0.717) is 25.4 Å². The van der Waals surface area contributed by atoms with Gasteiger partial charge in [0.05, 0.1) is 18.3 Å². The highest BCUT2D eigenvalue weighted by molar-refractivity contribution is 5.40. The second-order valence-electron chi connectivity index (χ2n) is 10.1. The van der Waals surface area contributed by atoms with E-state index in [9.17, 15) is 15.3 Å². The Bertz CT molecular complexity index is 845. The summed E-state index contributed by atoms with van der Waals surface area (Å²) in [4.78, 5) is 0. The number of rotatable bonds is 4. The molecule has 3 N–H and O–H groups in total. The summed E-state index contributed by atoms with van der Waals surface area (Å²) in [6.45, 7) is 12.1. The fourth-order valence-corrected chi connectivity index (χ4v) is 5.46. The maximum atomic E-state index is 10.1. The average Bonchev–Trinajstić information content (AvgIpc) is 3.03. The zero-order chi connectivity index (χ0) is 22.8. The lowest BCUT2D eigenvalue weighted by Crippen LogP contribution is -2.34. The molecule has 3 aliphatic carbocycles. The van der Waals surface area contributed by atoms with Crippen LogP contribution in [-0.2, 0) is 4.74 Å². The third-order valence-corrected chi connectivity index (χ3v) is 7.11. The molecule has 0 aliphatic heterocycles. The van der Waals surface area contributed by atoms with Crippen molar-refractivity contribution in [1.82, 2.24) is 0 Å². The lowest BCUT2D eigenvalue weighted by atomic mass is 9.63. The van der Waals surface area contributed by atoms with Gasteiger partial charge in [-0.25, -0.2) is 0 Å². The molecule has 0 saturated heterocycles. The number of fused-ring (bicyclic) bond motifs is 1. The molecule has 4 heteroatoms. The Kier molecular flexibility index (Phi) is 7.33. The number of hydrogen-bond donors (Lipinski definition) is 3. The average molecular weight is 427 g/mol. The topological polar surface area (TPSA) is 69.9 Å². The molecular formula is C27H38O4. The third-order valence-electron chi connectivity index (χ3n) is 7.11. The van der Waals surface area contributed by atoms with E-state index in [2.05, 4.69) is 50.5 Å². The maximum Gasteiger partial charge on any atom is 0.120 e. The molecule has 170 valence electrons. The van der Waals surface area contributed by atoms with Crippen LogP contribution < -0.4 is 0 Å². The molecule has 0 amide bonds. The lowest BCUT2D eigenvalue weighted by molar-refractivity contribution is 0.0860. The van der Waals surface area contributed by atoms with Crippen LogP contribution in [0, 0.1) is 23.2 Å². The van der Waals surface area contributed by atoms with Crippen LogP contribution in [0.5, 0.6) is 0 Å². The Morgan fingerprint density at radius 2 is 2.10 bits per heavy atom. The van der Waals surface area contributed by atoms with Crippen LogP contribution >= 0.6 is 0 Å².